The van der Waals surface area contributed by atoms with Crippen LogP contribution >= 0.6 is 0 Å². The van der Waals surface area contributed by atoms with Gasteiger partial charge in [0.05, 0.1) is 12.6 Å². The van der Waals surface area contributed by atoms with Crippen molar-refractivity contribution >= 4 is 5.91 Å². The minimum absolute atomic E-state index is 0.0451. The molecule has 1 aliphatic carbocycles. The number of ether oxygens (including phenoxy) is 7. The quantitative estimate of drug-likeness (QED) is 0.516. The molecule has 9 atom stereocenters. The summed E-state index contributed by atoms with van der Waals surface area (Å²) in [4.78, 5) is 14.2. The van der Waals surface area contributed by atoms with Gasteiger partial charge in [-0.2, -0.15) is 0 Å². The van der Waals surface area contributed by atoms with E-state index in [9.17, 15) is 4.79 Å². The number of carbonyl (C=O) groups is 1. The number of carbonyl (C=O) groups excluding carboxylic acids is 1. The monoisotopic (exact) mass is 472 g/mol. The van der Waals surface area contributed by atoms with Gasteiger partial charge < -0.3 is 43.4 Å². The summed E-state index contributed by atoms with van der Waals surface area (Å²) in [5.41, 5.74) is 0. The molecule has 3 aliphatic heterocycles. The van der Waals surface area contributed by atoms with Crippen LogP contribution in [0.15, 0.2) is 0 Å². The van der Waals surface area contributed by atoms with E-state index in [4.69, 9.17) is 33.2 Å². The molecule has 4 fully saturated rings. The minimum atomic E-state index is -0.787. The molecule has 1 N–H and O–H groups in total. The van der Waals surface area contributed by atoms with Crippen LogP contribution in [0.3, 0.4) is 0 Å². The molecule has 0 spiro atoms. The van der Waals surface area contributed by atoms with Crippen LogP contribution in [-0.2, 0) is 38.0 Å². The fourth-order valence-corrected chi connectivity index (χ4v) is 5.22. The summed E-state index contributed by atoms with van der Waals surface area (Å²) in [7, 11) is 5.36. The first-order valence-corrected chi connectivity index (χ1v) is 11.8. The average molecular weight is 473 g/mol. The molecule has 0 radical (unpaired) electrons. The molecule has 4 rings (SSSR count). The Morgan fingerprint density at radius 3 is 1.94 bits per heavy atom. The summed E-state index contributed by atoms with van der Waals surface area (Å²) < 4.78 is 43.1. The third kappa shape index (κ3) is 5.23. The first kappa shape index (κ1) is 25.2. The van der Waals surface area contributed by atoms with Crippen LogP contribution in [0, 0.1) is 5.92 Å². The Hall–Kier alpha value is -0.850. The molecule has 0 aromatic carbocycles. The van der Waals surface area contributed by atoms with Gasteiger partial charge in [0, 0.05) is 7.11 Å². The lowest BCUT2D eigenvalue weighted by atomic mass is 9.84. The molecule has 10 heteroatoms. The summed E-state index contributed by atoms with van der Waals surface area (Å²) in [6.07, 6.45) is -3.12. The SMILES string of the molecule is COC1C(OC2OC2[C@@H](NC(=O)CN(C)C)C(C)C)C2OC(C)(C)OC2C2OC(C)(C)OC12. The lowest BCUT2D eigenvalue weighted by Gasteiger charge is -2.42. The third-order valence-electron chi connectivity index (χ3n) is 6.53. The molecular formula is C23H40N2O8. The van der Waals surface area contributed by atoms with Gasteiger partial charge in [-0.3, -0.25) is 4.79 Å². The lowest BCUT2D eigenvalue weighted by molar-refractivity contribution is -0.209. The summed E-state index contributed by atoms with van der Waals surface area (Å²) >= 11 is 0. The summed E-state index contributed by atoms with van der Waals surface area (Å²) in [5, 5.41) is 3.09. The molecule has 1 saturated carbocycles. The maximum Gasteiger partial charge on any atom is 0.234 e. The molecule has 3 saturated heterocycles. The second-order valence-electron chi connectivity index (χ2n) is 11.0. The zero-order valence-electron chi connectivity index (χ0n) is 21.2. The first-order chi connectivity index (χ1) is 15.3. The average Bonchev–Trinajstić information content (AvgIpc) is 3.23. The fraction of sp³-hybridized carbons (Fsp3) is 0.957. The second-order valence-corrected chi connectivity index (χ2v) is 11.0. The standard InChI is InChI=1S/C23H40N2O8/c1-11(2)13(24-12(26)10-25(7)8)14-21(28-14)29-16-15(27-9)17-19(32-22(3,4)30-17)20-18(16)31-23(5,6)33-20/h11,13-21H,10H2,1-9H3,(H,24,26)/t13-,14?,15?,16?,17?,18?,19?,20?,21?/m0/s1. The number of hydrogen-bond acceptors (Lipinski definition) is 9. The van der Waals surface area contributed by atoms with Crippen LogP contribution in [0.25, 0.3) is 0 Å². The van der Waals surface area contributed by atoms with Crippen molar-refractivity contribution in [3.05, 3.63) is 0 Å². The van der Waals surface area contributed by atoms with Gasteiger partial charge in [-0.05, 0) is 47.7 Å². The number of likely N-dealkylation sites (N-methyl/N-ethyl adjacent to an activating group) is 1. The van der Waals surface area contributed by atoms with E-state index in [0.717, 1.165) is 0 Å². The van der Waals surface area contributed by atoms with Gasteiger partial charge in [-0.15, -0.1) is 0 Å². The van der Waals surface area contributed by atoms with Crippen LogP contribution in [0.4, 0.5) is 0 Å². The van der Waals surface area contributed by atoms with E-state index in [0.29, 0.717) is 6.54 Å². The Morgan fingerprint density at radius 2 is 1.45 bits per heavy atom. The van der Waals surface area contributed by atoms with E-state index in [1.54, 1.807) is 7.11 Å². The highest BCUT2D eigenvalue weighted by molar-refractivity contribution is 5.78. The van der Waals surface area contributed by atoms with Crippen molar-refractivity contribution in [3.8, 4) is 0 Å². The van der Waals surface area contributed by atoms with Crippen molar-refractivity contribution in [2.75, 3.05) is 27.7 Å². The number of fused-ring (bicyclic) bond motifs is 3. The van der Waals surface area contributed by atoms with Crippen LogP contribution in [-0.4, -0.2) is 105 Å². The predicted octanol–water partition coefficient (Wildman–Crippen LogP) is 0.868. The van der Waals surface area contributed by atoms with Gasteiger partial charge in [-0.25, -0.2) is 0 Å². The Morgan fingerprint density at radius 1 is 0.939 bits per heavy atom. The smallest absolute Gasteiger partial charge is 0.234 e. The van der Waals surface area contributed by atoms with E-state index in [1.165, 1.54) is 0 Å². The van der Waals surface area contributed by atoms with Crippen LogP contribution in [0.5, 0.6) is 0 Å². The van der Waals surface area contributed by atoms with Crippen molar-refractivity contribution in [2.45, 2.75) is 108 Å². The van der Waals surface area contributed by atoms with Gasteiger partial charge >= 0.3 is 0 Å². The molecule has 0 bridgehead atoms. The maximum atomic E-state index is 12.4. The highest BCUT2D eigenvalue weighted by Gasteiger charge is 2.65. The molecule has 10 nitrogen and oxygen atoms in total. The molecule has 33 heavy (non-hydrogen) atoms. The molecular weight excluding hydrogens is 432 g/mol. The highest BCUT2D eigenvalue weighted by atomic mass is 16.8. The van der Waals surface area contributed by atoms with Crippen molar-refractivity contribution in [1.82, 2.24) is 10.2 Å². The second kappa shape index (κ2) is 8.98. The highest BCUT2D eigenvalue weighted by Crippen LogP contribution is 2.47. The number of rotatable bonds is 8. The van der Waals surface area contributed by atoms with Crippen LogP contribution < -0.4 is 5.32 Å². The minimum Gasteiger partial charge on any atom is -0.376 e. The largest absolute Gasteiger partial charge is 0.376 e. The Bertz CT molecular complexity index is 729. The number of methoxy groups -OCH3 is 1. The van der Waals surface area contributed by atoms with E-state index < -0.39 is 36.2 Å². The Balaban J connectivity index is 1.49. The fourth-order valence-electron chi connectivity index (χ4n) is 5.22. The van der Waals surface area contributed by atoms with Gasteiger partial charge in [0.2, 0.25) is 5.91 Å². The van der Waals surface area contributed by atoms with E-state index in [2.05, 4.69) is 19.2 Å². The summed E-state index contributed by atoms with van der Waals surface area (Å²) in [5.74, 6) is -1.42. The van der Waals surface area contributed by atoms with E-state index in [1.807, 2.05) is 46.7 Å². The van der Waals surface area contributed by atoms with Gasteiger partial charge in [-0.1, -0.05) is 13.8 Å². The van der Waals surface area contributed by atoms with Crippen molar-refractivity contribution < 1.29 is 38.0 Å². The van der Waals surface area contributed by atoms with Crippen molar-refractivity contribution in [3.63, 3.8) is 0 Å². The molecule has 4 aliphatic rings. The van der Waals surface area contributed by atoms with Crippen molar-refractivity contribution in [1.29, 1.82) is 0 Å². The van der Waals surface area contributed by atoms with Gasteiger partial charge in [0.25, 0.3) is 0 Å². The normalized spacial score (nSPS) is 41.7. The zero-order chi connectivity index (χ0) is 24.3. The van der Waals surface area contributed by atoms with E-state index in [-0.39, 0.29) is 42.3 Å². The zero-order valence-corrected chi connectivity index (χ0v) is 21.2. The summed E-state index contributed by atoms with van der Waals surface area (Å²) in [6.45, 7) is 12.0. The number of amides is 1. The molecule has 3 heterocycles. The predicted molar refractivity (Wildman–Crippen MR) is 117 cm³/mol. The van der Waals surface area contributed by atoms with Gasteiger partial charge in [0.15, 0.2) is 17.9 Å². The number of epoxide rings is 1. The Kier molecular flexibility index (Phi) is 6.87. The van der Waals surface area contributed by atoms with Gasteiger partial charge in [0.1, 0.15) is 42.7 Å². The van der Waals surface area contributed by atoms with Crippen LogP contribution in [0.2, 0.25) is 0 Å². The molecule has 1 amide bonds. The van der Waals surface area contributed by atoms with Crippen LogP contribution in [0.1, 0.15) is 41.5 Å². The molecule has 190 valence electrons. The number of nitrogens with one attached hydrogen (secondary N) is 1. The summed E-state index contributed by atoms with van der Waals surface area (Å²) in [6, 6.07) is -0.169. The maximum absolute atomic E-state index is 12.4. The van der Waals surface area contributed by atoms with Crippen molar-refractivity contribution in [2.24, 2.45) is 5.92 Å². The lowest BCUT2D eigenvalue weighted by Crippen LogP contribution is -2.63. The molecule has 0 aromatic heterocycles. The topological polar surface area (TPSA) is 100 Å². The number of nitrogens with zero attached hydrogens (tertiary/aromatic N) is 1. The number of hydrogen-bond donors (Lipinski definition) is 1. The molecule has 8 unspecified atom stereocenters. The Labute approximate surface area is 196 Å². The molecule has 0 aromatic rings. The first-order valence-electron chi connectivity index (χ1n) is 11.8. The van der Waals surface area contributed by atoms with E-state index >= 15 is 0 Å². The third-order valence-corrected chi connectivity index (χ3v) is 6.53.